The largest absolute Gasteiger partial charge is 0.349 e. The summed E-state index contributed by atoms with van der Waals surface area (Å²) < 4.78 is 3.60. The zero-order valence-corrected chi connectivity index (χ0v) is 14.8. The minimum Gasteiger partial charge on any atom is -0.349 e. The van der Waals surface area contributed by atoms with Crippen molar-refractivity contribution < 1.29 is 4.79 Å². The van der Waals surface area contributed by atoms with Gasteiger partial charge in [0.15, 0.2) is 0 Å². The third kappa shape index (κ3) is 3.79. The van der Waals surface area contributed by atoms with Crippen LogP contribution in [0.25, 0.3) is 11.1 Å². The second-order valence-electron chi connectivity index (χ2n) is 6.06. The van der Waals surface area contributed by atoms with Crippen LogP contribution in [0, 0.1) is 6.92 Å². The second kappa shape index (κ2) is 7.34. The standard InChI is InChI=1S/C19H23N5O/c1-4-23-18(10-14(2)22-23)12-20-19(25)15(3)24-13-17(11-21-24)16-8-6-5-7-9-16/h5-11,13,15H,4,12H2,1-3H3,(H,20,25)/t15-/m0/s1. The van der Waals surface area contributed by atoms with Crippen molar-refractivity contribution in [3.8, 4) is 11.1 Å². The van der Waals surface area contributed by atoms with E-state index in [1.807, 2.05) is 68.0 Å². The first-order valence-electron chi connectivity index (χ1n) is 8.49. The molecule has 6 heteroatoms. The molecule has 3 aromatic rings. The van der Waals surface area contributed by atoms with Crippen molar-refractivity contribution in [2.45, 2.75) is 39.9 Å². The Kier molecular flexibility index (Phi) is 4.97. The molecule has 0 aliphatic carbocycles. The third-order valence-electron chi connectivity index (χ3n) is 4.21. The lowest BCUT2D eigenvalue weighted by Crippen LogP contribution is -2.31. The molecule has 0 aliphatic heterocycles. The quantitative estimate of drug-likeness (QED) is 0.752. The SMILES string of the molecule is CCn1nc(C)cc1CNC(=O)[C@H](C)n1cc(-c2ccccc2)cn1. The summed E-state index contributed by atoms with van der Waals surface area (Å²) in [4.78, 5) is 12.5. The van der Waals surface area contributed by atoms with Crippen LogP contribution in [0.3, 0.4) is 0 Å². The number of benzene rings is 1. The van der Waals surface area contributed by atoms with Gasteiger partial charge in [-0.1, -0.05) is 30.3 Å². The van der Waals surface area contributed by atoms with Gasteiger partial charge in [-0.3, -0.25) is 14.2 Å². The topological polar surface area (TPSA) is 64.7 Å². The van der Waals surface area contributed by atoms with Gasteiger partial charge in [0.25, 0.3) is 0 Å². The van der Waals surface area contributed by atoms with Crippen molar-refractivity contribution in [1.82, 2.24) is 24.9 Å². The predicted octanol–water partition coefficient (Wildman–Crippen LogP) is 2.95. The molecule has 130 valence electrons. The highest BCUT2D eigenvalue weighted by Crippen LogP contribution is 2.19. The van der Waals surface area contributed by atoms with Crippen molar-refractivity contribution in [1.29, 1.82) is 0 Å². The predicted molar refractivity (Wildman–Crippen MR) is 96.9 cm³/mol. The molecule has 2 aromatic heterocycles. The number of hydrogen-bond acceptors (Lipinski definition) is 3. The fourth-order valence-corrected chi connectivity index (χ4v) is 2.79. The summed E-state index contributed by atoms with van der Waals surface area (Å²) in [6.07, 6.45) is 3.69. The highest BCUT2D eigenvalue weighted by atomic mass is 16.2. The Morgan fingerprint density at radius 1 is 1.24 bits per heavy atom. The van der Waals surface area contributed by atoms with Crippen molar-refractivity contribution >= 4 is 5.91 Å². The molecule has 2 heterocycles. The highest BCUT2D eigenvalue weighted by Gasteiger charge is 2.17. The first-order valence-corrected chi connectivity index (χ1v) is 8.49. The monoisotopic (exact) mass is 337 g/mol. The smallest absolute Gasteiger partial charge is 0.244 e. The molecule has 0 bridgehead atoms. The molecule has 1 atom stereocenters. The van der Waals surface area contributed by atoms with Gasteiger partial charge in [-0.2, -0.15) is 10.2 Å². The third-order valence-corrected chi connectivity index (χ3v) is 4.21. The van der Waals surface area contributed by atoms with E-state index in [9.17, 15) is 4.79 Å². The summed E-state index contributed by atoms with van der Waals surface area (Å²) in [5, 5.41) is 11.7. The normalized spacial score (nSPS) is 12.1. The molecule has 25 heavy (non-hydrogen) atoms. The van der Waals surface area contributed by atoms with Crippen LogP contribution in [0.5, 0.6) is 0 Å². The van der Waals surface area contributed by atoms with Gasteiger partial charge in [0.05, 0.1) is 24.1 Å². The zero-order valence-electron chi connectivity index (χ0n) is 14.8. The molecule has 1 aromatic carbocycles. The van der Waals surface area contributed by atoms with E-state index < -0.39 is 0 Å². The molecule has 0 unspecified atom stereocenters. The van der Waals surface area contributed by atoms with Gasteiger partial charge in [0, 0.05) is 18.3 Å². The minimum absolute atomic E-state index is 0.0655. The van der Waals surface area contributed by atoms with E-state index in [0.29, 0.717) is 6.54 Å². The molecular weight excluding hydrogens is 314 g/mol. The number of aromatic nitrogens is 4. The van der Waals surface area contributed by atoms with Crippen LogP contribution in [0.4, 0.5) is 0 Å². The van der Waals surface area contributed by atoms with Gasteiger partial charge >= 0.3 is 0 Å². The molecule has 6 nitrogen and oxygen atoms in total. The van der Waals surface area contributed by atoms with Crippen molar-refractivity contribution in [2.24, 2.45) is 0 Å². The Labute approximate surface area is 147 Å². The molecule has 0 spiro atoms. The average molecular weight is 337 g/mol. The molecule has 1 amide bonds. The van der Waals surface area contributed by atoms with E-state index in [4.69, 9.17) is 0 Å². The fourth-order valence-electron chi connectivity index (χ4n) is 2.79. The Balaban J connectivity index is 1.65. The van der Waals surface area contributed by atoms with Crippen LogP contribution >= 0.6 is 0 Å². The number of carbonyl (C=O) groups excluding carboxylic acids is 1. The van der Waals surface area contributed by atoms with Crippen molar-refractivity contribution in [3.05, 3.63) is 60.2 Å². The molecule has 0 saturated heterocycles. The van der Waals surface area contributed by atoms with Crippen LogP contribution in [-0.4, -0.2) is 25.5 Å². The first-order chi connectivity index (χ1) is 12.1. The fraction of sp³-hybridized carbons (Fsp3) is 0.316. The van der Waals surface area contributed by atoms with Gasteiger partial charge in [-0.25, -0.2) is 0 Å². The second-order valence-corrected chi connectivity index (χ2v) is 6.06. The van der Waals surface area contributed by atoms with Crippen molar-refractivity contribution in [3.63, 3.8) is 0 Å². The number of carbonyl (C=O) groups is 1. The van der Waals surface area contributed by atoms with Crippen LogP contribution < -0.4 is 5.32 Å². The molecular formula is C19H23N5O. The van der Waals surface area contributed by atoms with E-state index >= 15 is 0 Å². The van der Waals surface area contributed by atoms with E-state index in [2.05, 4.69) is 15.5 Å². The highest BCUT2D eigenvalue weighted by molar-refractivity contribution is 5.79. The van der Waals surface area contributed by atoms with Crippen LogP contribution in [0.15, 0.2) is 48.8 Å². The number of hydrogen-bond donors (Lipinski definition) is 1. The van der Waals surface area contributed by atoms with Gasteiger partial charge < -0.3 is 5.32 Å². The van der Waals surface area contributed by atoms with Crippen LogP contribution in [0.1, 0.15) is 31.3 Å². The molecule has 0 saturated carbocycles. The molecule has 0 aliphatic rings. The van der Waals surface area contributed by atoms with Gasteiger partial charge in [-0.15, -0.1) is 0 Å². The first kappa shape index (κ1) is 17.0. The summed E-state index contributed by atoms with van der Waals surface area (Å²) in [6.45, 7) is 7.09. The van der Waals surface area contributed by atoms with Crippen molar-refractivity contribution in [2.75, 3.05) is 0 Å². The Morgan fingerprint density at radius 3 is 2.72 bits per heavy atom. The summed E-state index contributed by atoms with van der Waals surface area (Å²) >= 11 is 0. The lowest BCUT2D eigenvalue weighted by atomic mass is 10.1. The maximum Gasteiger partial charge on any atom is 0.244 e. The average Bonchev–Trinajstić information content (AvgIpc) is 3.26. The number of amides is 1. The zero-order chi connectivity index (χ0) is 17.8. The van der Waals surface area contributed by atoms with Gasteiger partial charge in [-0.05, 0) is 32.4 Å². The van der Waals surface area contributed by atoms with E-state index in [-0.39, 0.29) is 11.9 Å². The lowest BCUT2D eigenvalue weighted by Gasteiger charge is -2.13. The minimum atomic E-state index is -0.378. The maximum atomic E-state index is 12.5. The molecule has 3 rings (SSSR count). The molecule has 0 radical (unpaired) electrons. The molecule has 0 fully saturated rings. The van der Waals surface area contributed by atoms with Gasteiger partial charge in [0.2, 0.25) is 5.91 Å². The summed E-state index contributed by atoms with van der Waals surface area (Å²) in [5.41, 5.74) is 4.05. The Hall–Kier alpha value is -2.89. The van der Waals surface area contributed by atoms with Crippen LogP contribution in [-0.2, 0) is 17.9 Å². The maximum absolute atomic E-state index is 12.5. The Bertz CT molecular complexity index is 850. The summed E-state index contributed by atoms with van der Waals surface area (Å²) in [7, 11) is 0. The van der Waals surface area contributed by atoms with E-state index in [1.165, 1.54) is 0 Å². The van der Waals surface area contributed by atoms with E-state index in [1.54, 1.807) is 10.9 Å². The number of nitrogens with zero attached hydrogens (tertiary/aromatic N) is 4. The Morgan fingerprint density at radius 2 is 2.00 bits per heavy atom. The van der Waals surface area contributed by atoms with E-state index in [0.717, 1.165) is 29.1 Å². The number of aryl methyl sites for hydroxylation is 2. The van der Waals surface area contributed by atoms with Gasteiger partial charge in [0.1, 0.15) is 6.04 Å². The molecule has 1 N–H and O–H groups in total. The summed E-state index contributed by atoms with van der Waals surface area (Å²) in [6, 6.07) is 11.6. The number of nitrogens with one attached hydrogen (secondary N) is 1. The number of rotatable bonds is 6. The summed E-state index contributed by atoms with van der Waals surface area (Å²) in [5.74, 6) is -0.0655. The lowest BCUT2D eigenvalue weighted by molar-refractivity contribution is -0.124. The van der Waals surface area contributed by atoms with Crippen LogP contribution in [0.2, 0.25) is 0 Å².